The summed E-state index contributed by atoms with van der Waals surface area (Å²) >= 11 is 0. The molecule has 1 heterocycles. The van der Waals surface area contributed by atoms with Crippen molar-refractivity contribution in [1.29, 1.82) is 0 Å². The fourth-order valence-corrected chi connectivity index (χ4v) is 2.08. The maximum Gasteiger partial charge on any atom is 0.126 e. The highest BCUT2D eigenvalue weighted by molar-refractivity contribution is 5.60. The molecule has 0 aliphatic carbocycles. The summed E-state index contributed by atoms with van der Waals surface area (Å²) in [4.78, 5) is 0. The van der Waals surface area contributed by atoms with Gasteiger partial charge in [0.1, 0.15) is 11.4 Å². The van der Waals surface area contributed by atoms with Crippen LogP contribution in [0.5, 0.6) is 5.75 Å². The molecule has 0 saturated heterocycles. The Labute approximate surface area is 91.4 Å². The van der Waals surface area contributed by atoms with Crippen LogP contribution in [0.2, 0.25) is 0 Å². The quantitative estimate of drug-likeness (QED) is 0.661. The maximum absolute atomic E-state index is 6.03. The highest BCUT2D eigenvalue weighted by Crippen LogP contribution is 2.38. The van der Waals surface area contributed by atoms with Gasteiger partial charge in [-0.15, -0.1) is 0 Å². The third kappa shape index (κ3) is 1.69. The number of ether oxygens (including phenoxy) is 1. The van der Waals surface area contributed by atoms with E-state index in [-0.39, 0.29) is 5.60 Å². The Bertz CT molecular complexity index is 407. The van der Waals surface area contributed by atoms with E-state index in [1.807, 2.05) is 0 Å². The predicted molar refractivity (Wildman–Crippen MR) is 63.4 cm³/mol. The molecule has 0 unspecified atom stereocenters. The van der Waals surface area contributed by atoms with Crippen LogP contribution in [0, 0.1) is 13.8 Å². The topological polar surface area (TPSA) is 35.2 Å². The first-order valence-corrected chi connectivity index (χ1v) is 5.48. The van der Waals surface area contributed by atoms with E-state index < -0.39 is 0 Å². The van der Waals surface area contributed by atoms with Gasteiger partial charge in [-0.25, -0.2) is 0 Å². The third-order valence-electron chi connectivity index (χ3n) is 3.33. The Morgan fingerprint density at radius 1 is 1.27 bits per heavy atom. The van der Waals surface area contributed by atoms with Crippen LogP contribution in [-0.4, -0.2) is 5.60 Å². The molecule has 0 atom stereocenters. The second-order valence-corrected chi connectivity index (χ2v) is 5.07. The van der Waals surface area contributed by atoms with Crippen LogP contribution < -0.4 is 10.5 Å². The van der Waals surface area contributed by atoms with E-state index in [9.17, 15) is 0 Å². The SMILES string of the molecule is Cc1c(N)cc2c(c1C)OC(C)(C)CC2. The molecule has 1 aliphatic rings. The first kappa shape index (κ1) is 10.3. The molecule has 0 fully saturated rings. The monoisotopic (exact) mass is 205 g/mol. The molecule has 82 valence electrons. The minimum Gasteiger partial charge on any atom is -0.487 e. The second-order valence-electron chi connectivity index (χ2n) is 5.07. The van der Waals surface area contributed by atoms with Crippen LogP contribution in [0.1, 0.15) is 37.0 Å². The van der Waals surface area contributed by atoms with Crippen molar-refractivity contribution in [3.05, 3.63) is 22.8 Å². The van der Waals surface area contributed by atoms with Gasteiger partial charge in [0, 0.05) is 5.69 Å². The zero-order valence-corrected chi connectivity index (χ0v) is 9.98. The van der Waals surface area contributed by atoms with Crippen LogP contribution in [-0.2, 0) is 6.42 Å². The Hall–Kier alpha value is -1.18. The number of benzene rings is 1. The summed E-state index contributed by atoms with van der Waals surface area (Å²) in [6.07, 6.45) is 2.12. The van der Waals surface area contributed by atoms with Gasteiger partial charge in [0.05, 0.1) is 0 Å². The normalized spacial score (nSPS) is 18.1. The van der Waals surface area contributed by atoms with E-state index in [2.05, 4.69) is 33.8 Å². The number of nitrogens with two attached hydrogens (primary N) is 1. The summed E-state index contributed by atoms with van der Waals surface area (Å²) < 4.78 is 6.03. The van der Waals surface area contributed by atoms with E-state index >= 15 is 0 Å². The van der Waals surface area contributed by atoms with Crippen molar-refractivity contribution in [3.8, 4) is 5.75 Å². The minimum absolute atomic E-state index is 0.0414. The summed E-state index contributed by atoms with van der Waals surface area (Å²) in [6, 6.07) is 2.06. The minimum atomic E-state index is -0.0414. The van der Waals surface area contributed by atoms with Gasteiger partial charge < -0.3 is 10.5 Å². The molecule has 0 amide bonds. The second kappa shape index (κ2) is 3.16. The lowest BCUT2D eigenvalue weighted by Gasteiger charge is -2.34. The molecule has 2 nitrogen and oxygen atoms in total. The first-order chi connectivity index (χ1) is 6.91. The largest absolute Gasteiger partial charge is 0.487 e. The fourth-order valence-electron chi connectivity index (χ4n) is 2.08. The van der Waals surface area contributed by atoms with Crippen molar-refractivity contribution in [2.24, 2.45) is 0 Å². The average Bonchev–Trinajstić information content (AvgIpc) is 2.16. The molecule has 1 aromatic rings. The van der Waals surface area contributed by atoms with Crippen LogP contribution in [0.25, 0.3) is 0 Å². The van der Waals surface area contributed by atoms with Gasteiger partial charge in [-0.2, -0.15) is 0 Å². The molecule has 0 saturated carbocycles. The molecule has 0 aromatic heterocycles. The summed E-state index contributed by atoms with van der Waals surface area (Å²) in [7, 11) is 0. The third-order valence-corrected chi connectivity index (χ3v) is 3.33. The van der Waals surface area contributed by atoms with Crippen LogP contribution in [0.3, 0.4) is 0 Å². The Morgan fingerprint density at radius 3 is 2.60 bits per heavy atom. The Balaban J connectivity index is 2.55. The van der Waals surface area contributed by atoms with Gasteiger partial charge in [0.25, 0.3) is 0 Å². The number of anilines is 1. The molecule has 0 spiro atoms. The van der Waals surface area contributed by atoms with Gasteiger partial charge in [0.2, 0.25) is 0 Å². The summed E-state index contributed by atoms with van der Waals surface area (Å²) in [5.74, 6) is 1.05. The lowest BCUT2D eigenvalue weighted by atomic mass is 9.91. The fraction of sp³-hybridized carbons (Fsp3) is 0.538. The highest BCUT2D eigenvalue weighted by atomic mass is 16.5. The maximum atomic E-state index is 6.03. The lowest BCUT2D eigenvalue weighted by Crippen LogP contribution is -2.33. The van der Waals surface area contributed by atoms with Gasteiger partial charge in [-0.1, -0.05) is 0 Å². The van der Waals surface area contributed by atoms with Gasteiger partial charge in [-0.05, 0) is 63.3 Å². The Kier molecular flexibility index (Phi) is 2.18. The van der Waals surface area contributed by atoms with E-state index in [0.717, 1.165) is 29.8 Å². The molecule has 2 heteroatoms. The molecule has 2 rings (SSSR count). The zero-order valence-electron chi connectivity index (χ0n) is 9.98. The number of hydrogen-bond donors (Lipinski definition) is 1. The van der Waals surface area contributed by atoms with E-state index in [4.69, 9.17) is 10.5 Å². The van der Waals surface area contributed by atoms with E-state index in [1.54, 1.807) is 0 Å². The van der Waals surface area contributed by atoms with Crippen molar-refractivity contribution in [2.45, 2.75) is 46.1 Å². The first-order valence-electron chi connectivity index (χ1n) is 5.48. The average molecular weight is 205 g/mol. The van der Waals surface area contributed by atoms with Crippen molar-refractivity contribution in [2.75, 3.05) is 5.73 Å². The molecule has 15 heavy (non-hydrogen) atoms. The van der Waals surface area contributed by atoms with Gasteiger partial charge in [0.15, 0.2) is 0 Å². The van der Waals surface area contributed by atoms with E-state index in [1.165, 1.54) is 11.1 Å². The van der Waals surface area contributed by atoms with Crippen LogP contribution in [0.4, 0.5) is 5.69 Å². The smallest absolute Gasteiger partial charge is 0.126 e. The van der Waals surface area contributed by atoms with Crippen molar-refractivity contribution in [1.82, 2.24) is 0 Å². The van der Waals surface area contributed by atoms with Crippen LogP contribution in [0.15, 0.2) is 6.07 Å². The predicted octanol–water partition coefficient (Wildman–Crippen LogP) is 2.99. The number of hydrogen-bond acceptors (Lipinski definition) is 2. The lowest BCUT2D eigenvalue weighted by molar-refractivity contribution is 0.0837. The number of nitrogen functional groups attached to an aromatic ring is 1. The molecule has 0 bridgehead atoms. The molecular formula is C13H19NO. The molecule has 2 N–H and O–H groups in total. The summed E-state index contributed by atoms with van der Waals surface area (Å²) in [6.45, 7) is 8.42. The highest BCUT2D eigenvalue weighted by Gasteiger charge is 2.28. The van der Waals surface area contributed by atoms with Gasteiger partial charge >= 0.3 is 0 Å². The standard InChI is InChI=1S/C13H19NO/c1-8-9(2)12-10(7-11(8)14)5-6-13(3,4)15-12/h7H,5-6,14H2,1-4H3. The zero-order chi connectivity index (χ0) is 11.2. The van der Waals surface area contributed by atoms with Crippen molar-refractivity contribution in [3.63, 3.8) is 0 Å². The summed E-state index contributed by atoms with van der Waals surface area (Å²) in [5, 5.41) is 0. The molecule has 0 radical (unpaired) electrons. The van der Waals surface area contributed by atoms with Gasteiger partial charge in [-0.3, -0.25) is 0 Å². The Morgan fingerprint density at radius 2 is 1.93 bits per heavy atom. The van der Waals surface area contributed by atoms with Crippen LogP contribution >= 0.6 is 0 Å². The number of aryl methyl sites for hydroxylation is 1. The number of rotatable bonds is 0. The number of fused-ring (bicyclic) bond motifs is 1. The van der Waals surface area contributed by atoms with E-state index in [0.29, 0.717) is 0 Å². The van der Waals surface area contributed by atoms with Crippen molar-refractivity contribution < 1.29 is 4.74 Å². The molecular weight excluding hydrogens is 186 g/mol. The molecule has 1 aliphatic heterocycles. The summed E-state index contributed by atoms with van der Waals surface area (Å²) in [5.41, 5.74) is 10.4. The van der Waals surface area contributed by atoms with Crippen molar-refractivity contribution >= 4 is 5.69 Å². The molecule has 1 aromatic carbocycles.